The Morgan fingerprint density at radius 3 is 1.71 bits per heavy atom. The number of carboxylic acid groups (broad SMARTS) is 1. The van der Waals surface area contributed by atoms with Gasteiger partial charge in [0.15, 0.2) is 0 Å². The Labute approximate surface area is 214 Å². The van der Waals surface area contributed by atoms with Crippen LogP contribution in [0.2, 0.25) is 15.1 Å². The highest BCUT2D eigenvalue weighted by atomic mass is 35.5. The summed E-state index contributed by atoms with van der Waals surface area (Å²) in [5.74, 6) is -5.09. The molecule has 180 valence electrons. The summed E-state index contributed by atoms with van der Waals surface area (Å²) in [6.07, 6.45) is -4.34. The number of aliphatic carboxylic acids is 1. The van der Waals surface area contributed by atoms with Crippen molar-refractivity contribution in [2.24, 2.45) is 0 Å². The van der Waals surface area contributed by atoms with Gasteiger partial charge in [-0.05, 0) is 42.5 Å². The molecule has 0 bridgehead atoms. The quantitative estimate of drug-likeness (QED) is 0.383. The second-order valence-corrected chi connectivity index (χ2v) is 8.20. The van der Waals surface area contributed by atoms with Crippen molar-refractivity contribution in [2.45, 2.75) is 12.2 Å². The maximum atomic E-state index is 13.1. The van der Waals surface area contributed by atoms with Gasteiger partial charge in [0.05, 0.1) is 21.2 Å². The van der Waals surface area contributed by atoms with Gasteiger partial charge in [0.25, 0.3) is 5.91 Å². The summed E-state index contributed by atoms with van der Waals surface area (Å²) in [5, 5.41) is 12.5. The summed E-state index contributed by atoms with van der Waals surface area (Å²) in [4.78, 5) is 50.5. The number of hydrogen-bond donors (Lipinski definition) is 2. The molecule has 0 spiro atoms. The maximum absolute atomic E-state index is 13.1. The molecule has 3 aromatic carbocycles. The van der Waals surface area contributed by atoms with Crippen molar-refractivity contribution >= 4 is 64.3 Å². The largest absolute Gasteiger partial charge is 0.478 e. The molecular formula is C24H16Cl3NO7. The van der Waals surface area contributed by atoms with Crippen LogP contribution in [0.1, 0.15) is 20.7 Å². The second-order valence-electron chi connectivity index (χ2n) is 6.95. The second kappa shape index (κ2) is 11.7. The third-order valence-corrected chi connectivity index (χ3v) is 5.42. The van der Waals surface area contributed by atoms with Crippen molar-refractivity contribution in [1.29, 1.82) is 0 Å². The molecular weight excluding hydrogens is 521 g/mol. The van der Waals surface area contributed by atoms with Crippen LogP contribution in [-0.2, 0) is 19.1 Å². The topological polar surface area (TPSA) is 119 Å². The summed E-state index contributed by atoms with van der Waals surface area (Å²) in [6, 6.07) is 17.5. The van der Waals surface area contributed by atoms with Crippen LogP contribution < -0.4 is 5.32 Å². The van der Waals surface area contributed by atoms with E-state index in [2.05, 4.69) is 5.32 Å². The minimum absolute atomic E-state index is 0.00497. The number of carboxylic acids is 1. The first-order valence-corrected chi connectivity index (χ1v) is 11.0. The van der Waals surface area contributed by atoms with E-state index in [0.29, 0.717) is 0 Å². The molecule has 0 heterocycles. The lowest BCUT2D eigenvalue weighted by molar-refractivity contribution is -0.157. The smallest absolute Gasteiger partial charge is 0.349 e. The molecule has 0 aliphatic rings. The van der Waals surface area contributed by atoms with Crippen LogP contribution >= 0.6 is 34.8 Å². The van der Waals surface area contributed by atoms with E-state index in [1.165, 1.54) is 54.6 Å². The van der Waals surface area contributed by atoms with Gasteiger partial charge < -0.3 is 19.9 Å². The standard InChI is InChI=1S/C24H16Cl3NO7/c25-13-6-5-7-14(12-13)28-21(29)19(34-23(32)15-8-1-3-10-17(15)26)20(22(30)31)35-24(33)16-9-2-4-11-18(16)27/h1-12,19-20H,(H,28,29)(H,30,31)/t19-,20+/m1/s1. The van der Waals surface area contributed by atoms with Gasteiger partial charge in [-0.25, -0.2) is 14.4 Å². The lowest BCUT2D eigenvalue weighted by Crippen LogP contribution is -2.48. The van der Waals surface area contributed by atoms with Crippen molar-refractivity contribution in [2.75, 3.05) is 5.32 Å². The van der Waals surface area contributed by atoms with Gasteiger partial charge in [-0.1, -0.05) is 65.1 Å². The van der Waals surface area contributed by atoms with Gasteiger partial charge in [0.1, 0.15) is 0 Å². The average molecular weight is 537 g/mol. The van der Waals surface area contributed by atoms with Crippen LogP contribution in [0.4, 0.5) is 5.69 Å². The van der Waals surface area contributed by atoms with E-state index in [9.17, 15) is 24.3 Å². The molecule has 1 amide bonds. The molecule has 0 aliphatic carbocycles. The molecule has 0 fully saturated rings. The molecule has 3 aromatic rings. The van der Waals surface area contributed by atoms with Crippen LogP contribution in [0.15, 0.2) is 72.8 Å². The minimum Gasteiger partial charge on any atom is -0.478 e. The number of hydrogen-bond acceptors (Lipinski definition) is 6. The Morgan fingerprint density at radius 1 is 0.714 bits per heavy atom. The average Bonchev–Trinajstić information content (AvgIpc) is 2.81. The number of nitrogens with one attached hydrogen (secondary N) is 1. The molecule has 0 saturated carbocycles. The predicted molar refractivity (Wildman–Crippen MR) is 129 cm³/mol. The number of esters is 2. The van der Waals surface area contributed by atoms with Gasteiger partial charge in [-0.2, -0.15) is 0 Å². The molecule has 11 heteroatoms. The van der Waals surface area contributed by atoms with E-state index < -0.39 is 36.0 Å². The van der Waals surface area contributed by atoms with E-state index in [1.54, 1.807) is 18.2 Å². The molecule has 35 heavy (non-hydrogen) atoms. The van der Waals surface area contributed by atoms with Gasteiger partial charge in [0.2, 0.25) is 12.2 Å². The molecule has 8 nitrogen and oxygen atoms in total. The number of carbonyl (C=O) groups excluding carboxylic acids is 3. The number of rotatable bonds is 8. The van der Waals surface area contributed by atoms with Crippen molar-refractivity contribution in [3.8, 4) is 0 Å². The van der Waals surface area contributed by atoms with E-state index in [1.807, 2.05) is 0 Å². The summed E-state index contributed by atoms with van der Waals surface area (Å²) in [7, 11) is 0. The fraction of sp³-hybridized carbons (Fsp3) is 0.0833. The highest BCUT2D eigenvalue weighted by molar-refractivity contribution is 6.34. The molecule has 0 saturated heterocycles. The third-order valence-electron chi connectivity index (χ3n) is 4.52. The molecule has 0 unspecified atom stereocenters. The fourth-order valence-corrected chi connectivity index (χ4v) is 3.50. The number of anilines is 1. The van der Waals surface area contributed by atoms with Crippen LogP contribution in [-0.4, -0.2) is 41.1 Å². The zero-order valence-corrected chi connectivity index (χ0v) is 19.9. The Balaban J connectivity index is 1.94. The monoisotopic (exact) mass is 535 g/mol. The van der Waals surface area contributed by atoms with Crippen LogP contribution in [0.25, 0.3) is 0 Å². The Hall–Kier alpha value is -3.59. The fourth-order valence-electron chi connectivity index (χ4n) is 2.89. The number of halogens is 3. The van der Waals surface area contributed by atoms with Gasteiger partial charge in [-0.3, -0.25) is 4.79 Å². The van der Waals surface area contributed by atoms with E-state index in [4.69, 9.17) is 44.3 Å². The summed E-state index contributed by atoms with van der Waals surface area (Å²) in [6.45, 7) is 0. The number of carbonyl (C=O) groups is 4. The maximum Gasteiger partial charge on any atom is 0.349 e. The van der Waals surface area contributed by atoms with Gasteiger partial charge in [0, 0.05) is 10.7 Å². The summed E-state index contributed by atoms with van der Waals surface area (Å²) < 4.78 is 10.3. The third kappa shape index (κ3) is 6.73. The zero-order valence-electron chi connectivity index (χ0n) is 17.6. The lowest BCUT2D eigenvalue weighted by Gasteiger charge is -2.24. The van der Waals surface area contributed by atoms with Crippen LogP contribution in [0, 0.1) is 0 Å². The summed E-state index contributed by atoms with van der Waals surface area (Å²) >= 11 is 17.9. The Bertz CT molecular complexity index is 1280. The van der Waals surface area contributed by atoms with Gasteiger partial charge >= 0.3 is 17.9 Å². The number of amides is 1. The highest BCUT2D eigenvalue weighted by Gasteiger charge is 2.41. The number of benzene rings is 3. The molecule has 2 atom stereocenters. The van der Waals surface area contributed by atoms with E-state index >= 15 is 0 Å². The van der Waals surface area contributed by atoms with E-state index in [0.717, 1.165) is 0 Å². The first-order chi connectivity index (χ1) is 16.7. The summed E-state index contributed by atoms with van der Waals surface area (Å²) in [5.41, 5.74) is -0.0917. The molecule has 0 aliphatic heterocycles. The molecule has 2 N–H and O–H groups in total. The van der Waals surface area contributed by atoms with Crippen molar-refractivity contribution < 1.29 is 33.8 Å². The first kappa shape index (κ1) is 26.0. The molecule has 0 radical (unpaired) electrons. The molecule has 3 rings (SSSR count). The van der Waals surface area contributed by atoms with Gasteiger partial charge in [-0.15, -0.1) is 0 Å². The van der Waals surface area contributed by atoms with Crippen molar-refractivity contribution in [1.82, 2.24) is 0 Å². The Kier molecular flexibility index (Phi) is 8.70. The van der Waals surface area contributed by atoms with Crippen LogP contribution in [0.3, 0.4) is 0 Å². The predicted octanol–water partition coefficient (Wildman–Crippen LogP) is 5.12. The minimum atomic E-state index is -2.23. The normalized spacial score (nSPS) is 12.2. The lowest BCUT2D eigenvalue weighted by atomic mass is 10.1. The van der Waals surface area contributed by atoms with Crippen molar-refractivity contribution in [3.05, 3.63) is 99.0 Å². The number of ether oxygens (including phenoxy) is 2. The highest BCUT2D eigenvalue weighted by Crippen LogP contribution is 2.22. The SMILES string of the molecule is O=C(O[C@H](C(=O)O)[C@@H](OC(=O)c1ccccc1Cl)C(=O)Nc1cccc(Cl)c1)c1ccccc1Cl. The van der Waals surface area contributed by atoms with Crippen LogP contribution in [0.5, 0.6) is 0 Å². The van der Waals surface area contributed by atoms with E-state index in [-0.39, 0.29) is 31.9 Å². The van der Waals surface area contributed by atoms with Crippen molar-refractivity contribution in [3.63, 3.8) is 0 Å². The zero-order chi connectivity index (χ0) is 25.5. The molecule has 0 aromatic heterocycles. The first-order valence-electron chi connectivity index (χ1n) is 9.87. The Morgan fingerprint density at radius 2 is 1.23 bits per heavy atom.